The van der Waals surface area contributed by atoms with Crippen molar-refractivity contribution in [1.82, 2.24) is 0 Å². The molecule has 156 valence electrons. The lowest BCUT2D eigenvalue weighted by atomic mass is 9.88. The molecule has 0 aliphatic heterocycles. The number of furan rings is 1. The minimum Gasteiger partial charge on any atom is -0.469 e. The topological polar surface area (TPSA) is 100 Å². The van der Waals surface area contributed by atoms with Crippen molar-refractivity contribution >= 4 is 5.97 Å². The predicted molar refractivity (Wildman–Crippen MR) is 105 cm³/mol. The van der Waals surface area contributed by atoms with Crippen LogP contribution < -0.4 is 0 Å². The molecule has 0 spiro atoms. The van der Waals surface area contributed by atoms with Crippen LogP contribution >= 0.6 is 0 Å². The molecule has 2 rings (SSSR count). The van der Waals surface area contributed by atoms with Crippen LogP contribution in [0.5, 0.6) is 0 Å². The van der Waals surface area contributed by atoms with E-state index in [9.17, 15) is 20.1 Å². The number of unbranched alkanes of at least 4 members (excludes halogenated alkanes) is 2. The van der Waals surface area contributed by atoms with E-state index in [1.165, 1.54) is 13.2 Å². The first-order valence-corrected chi connectivity index (χ1v) is 10.0. The number of rotatable bonds is 11. The molecule has 0 saturated heterocycles. The molecule has 1 aliphatic carbocycles. The molecule has 6 nitrogen and oxygen atoms in total. The number of hydrogen-bond donors (Lipinski definition) is 3. The summed E-state index contributed by atoms with van der Waals surface area (Å²) in [4.78, 5) is 11.0. The van der Waals surface area contributed by atoms with Gasteiger partial charge >= 0.3 is 5.97 Å². The molecule has 28 heavy (non-hydrogen) atoms. The van der Waals surface area contributed by atoms with Crippen LogP contribution in [0.3, 0.4) is 0 Å². The third kappa shape index (κ3) is 7.26. The molecule has 1 aromatic heterocycles. The third-order valence-corrected chi connectivity index (χ3v) is 5.35. The number of methoxy groups -OCH3 is 1. The van der Waals surface area contributed by atoms with Gasteiger partial charge in [0.15, 0.2) is 0 Å². The first-order valence-electron chi connectivity index (χ1n) is 10.0. The van der Waals surface area contributed by atoms with Crippen molar-refractivity contribution in [2.45, 2.75) is 63.3 Å². The Morgan fingerprint density at radius 3 is 2.89 bits per heavy atom. The summed E-state index contributed by atoms with van der Waals surface area (Å²) in [5, 5.41) is 30.7. The van der Waals surface area contributed by atoms with Crippen LogP contribution in [-0.4, -0.2) is 46.7 Å². The van der Waals surface area contributed by atoms with Gasteiger partial charge in [-0.15, -0.1) is 0 Å². The highest BCUT2D eigenvalue weighted by atomic mass is 16.5. The maximum Gasteiger partial charge on any atom is 0.330 e. The van der Waals surface area contributed by atoms with Gasteiger partial charge in [-0.1, -0.05) is 24.6 Å². The molecule has 5 unspecified atom stereocenters. The van der Waals surface area contributed by atoms with E-state index >= 15 is 0 Å². The molecule has 1 aliphatic rings. The molecule has 0 bridgehead atoms. The van der Waals surface area contributed by atoms with Gasteiger partial charge in [-0.25, -0.2) is 4.79 Å². The highest BCUT2D eigenvalue weighted by Gasteiger charge is 2.39. The standard InChI is InChI=1S/C22H32O6/c1-27-22(26)9-5-3-2-4-8-18-19(21(25)15-20(18)24)13-11-16(23)10-12-17-7-6-14-28-17/h5-7,9,11,13-14,16,18-21,23-25H,2-4,8,10,12,15H2,1H3. The maximum absolute atomic E-state index is 11.0. The largest absolute Gasteiger partial charge is 0.469 e. The molecule has 0 aromatic carbocycles. The molecule has 1 fully saturated rings. The predicted octanol–water partition coefficient (Wildman–Crippen LogP) is 2.78. The molecule has 3 N–H and O–H groups in total. The summed E-state index contributed by atoms with van der Waals surface area (Å²) in [5.41, 5.74) is 0. The van der Waals surface area contributed by atoms with E-state index in [1.54, 1.807) is 18.4 Å². The monoisotopic (exact) mass is 392 g/mol. The number of aliphatic hydroxyl groups excluding tert-OH is 3. The van der Waals surface area contributed by atoms with Crippen LogP contribution in [0.25, 0.3) is 0 Å². The maximum atomic E-state index is 11.0. The van der Waals surface area contributed by atoms with E-state index in [-0.39, 0.29) is 17.8 Å². The Hall–Kier alpha value is -1.89. The number of aryl methyl sites for hydroxylation is 1. The van der Waals surface area contributed by atoms with E-state index in [0.717, 1.165) is 31.4 Å². The lowest BCUT2D eigenvalue weighted by Crippen LogP contribution is -2.21. The zero-order chi connectivity index (χ0) is 20.4. The number of allylic oxidation sites excluding steroid dienone is 1. The number of esters is 1. The second-order valence-corrected chi connectivity index (χ2v) is 7.39. The first-order chi connectivity index (χ1) is 13.5. The fraction of sp³-hybridized carbons (Fsp3) is 0.591. The van der Waals surface area contributed by atoms with Crippen LogP contribution in [0.4, 0.5) is 0 Å². The zero-order valence-corrected chi connectivity index (χ0v) is 16.4. The van der Waals surface area contributed by atoms with Crippen molar-refractivity contribution in [3.8, 4) is 0 Å². The minimum absolute atomic E-state index is 0.0203. The molecule has 1 aromatic rings. The molecule has 6 heteroatoms. The van der Waals surface area contributed by atoms with Crippen molar-refractivity contribution in [3.63, 3.8) is 0 Å². The zero-order valence-electron chi connectivity index (χ0n) is 16.4. The number of ether oxygens (including phenoxy) is 1. The molecular weight excluding hydrogens is 360 g/mol. The van der Waals surface area contributed by atoms with Gasteiger partial charge in [-0.2, -0.15) is 0 Å². The van der Waals surface area contributed by atoms with Crippen LogP contribution in [0, 0.1) is 11.8 Å². The minimum atomic E-state index is -0.612. The summed E-state index contributed by atoms with van der Waals surface area (Å²) in [5.74, 6) is 0.306. The van der Waals surface area contributed by atoms with Gasteiger partial charge in [-0.3, -0.25) is 0 Å². The van der Waals surface area contributed by atoms with E-state index in [0.29, 0.717) is 19.3 Å². The molecule has 5 atom stereocenters. The second-order valence-electron chi connectivity index (χ2n) is 7.39. The van der Waals surface area contributed by atoms with E-state index < -0.39 is 18.3 Å². The summed E-state index contributed by atoms with van der Waals surface area (Å²) in [6.45, 7) is 0. The molecule has 1 heterocycles. The van der Waals surface area contributed by atoms with Crippen molar-refractivity contribution in [1.29, 1.82) is 0 Å². The summed E-state index contributed by atoms with van der Waals surface area (Å²) < 4.78 is 9.81. The number of carbonyl (C=O) groups excluding carboxylic acids is 1. The van der Waals surface area contributed by atoms with Crippen molar-refractivity contribution in [2.75, 3.05) is 7.11 Å². The van der Waals surface area contributed by atoms with Gasteiger partial charge in [0.1, 0.15) is 5.76 Å². The quantitative estimate of drug-likeness (QED) is 0.232. The van der Waals surface area contributed by atoms with Crippen LogP contribution in [0.15, 0.2) is 47.1 Å². The molecule has 0 amide bonds. The van der Waals surface area contributed by atoms with Crippen molar-refractivity contribution in [3.05, 3.63) is 48.5 Å². The van der Waals surface area contributed by atoms with Gasteiger partial charge in [0.05, 0.1) is 31.7 Å². The third-order valence-electron chi connectivity index (χ3n) is 5.35. The van der Waals surface area contributed by atoms with Crippen LogP contribution in [0.2, 0.25) is 0 Å². The SMILES string of the molecule is COC(=O)C=CCCCCC1C(O)CC(O)C1C=CC(O)CCc1ccco1. The van der Waals surface area contributed by atoms with Crippen molar-refractivity contribution < 1.29 is 29.3 Å². The fourth-order valence-electron chi connectivity index (χ4n) is 3.76. The Labute approximate surface area is 166 Å². The van der Waals surface area contributed by atoms with Gasteiger partial charge in [0.2, 0.25) is 0 Å². The summed E-state index contributed by atoms with van der Waals surface area (Å²) in [7, 11) is 1.35. The Kier molecular flexibility index (Phi) is 9.47. The number of carbonyl (C=O) groups is 1. The number of hydrogen-bond acceptors (Lipinski definition) is 6. The first kappa shape index (κ1) is 22.4. The Balaban J connectivity index is 1.76. The molecule has 0 radical (unpaired) electrons. The summed E-state index contributed by atoms with van der Waals surface area (Å²) in [6.07, 6.45) is 11.6. The van der Waals surface area contributed by atoms with Crippen LogP contribution in [0.1, 0.15) is 44.3 Å². The average Bonchev–Trinajstić information content (AvgIpc) is 3.29. The Bertz CT molecular complexity index is 621. The normalized spacial score (nSPS) is 26.3. The smallest absolute Gasteiger partial charge is 0.330 e. The van der Waals surface area contributed by atoms with Gasteiger partial charge in [0.25, 0.3) is 0 Å². The van der Waals surface area contributed by atoms with E-state index in [1.807, 2.05) is 18.2 Å². The Morgan fingerprint density at radius 2 is 2.18 bits per heavy atom. The van der Waals surface area contributed by atoms with Gasteiger partial charge in [-0.05, 0) is 43.7 Å². The molecule has 1 saturated carbocycles. The summed E-state index contributed by atoms with van der Waals surface area (Å²) >= 11 is 0. The van der Waals surface area contributed by atoms with Gasteiger partial charge < -0.3 is 24.5 Å². The van der Waals surface area contributed by atoms with Crippen molar-refractivity contribution in [2.24, 2.45) is 11.8 Å². The fourth-order valence-corrected chi connectivity index (χ4v) is 3.76. The lowest BCUT2D eigenvalue weighted by molar-refractivity contribution is -0.134. The summed E-state index contributed by atoms with van der Waals surface area (Å²) in [6, 6.07) is 3.70. The highest BCUT2D eigenvalue weighted by Crippen LogP contribution is 2.37. The van der Waals surface area contributed by atoms with Gasteiger partial charge in [0, 0.05) is 24.8 Å². The average molecular weight is 392 g/mol. The van der Waals surface area contributed by atoms with E-state index in [4.69, 9.17) is 4.42 Å². The van der Waals surface area contributed by atoms with Crippen LogP contribution in [-0.2, 0) is 16.0 Å². The second kappa shape index (κ2) is 11.8. The highest BCUT2D eigenvalue weighted by molar-refractivity contribution is 5.81. The van der Waals surface area contributed by atoms with E-state index in [2.05, 4.69) is 4.74 Å². The lowest BCUT2D eigenvalue weighted by Gasteiger charge is -2.21. The Morgan fingerprint density at radius 1 is 1.36 bits per heavy atom. The number of aliphatic hydroxyl groups is 3. The molecular formula is C22H32O6.